The summed E-state index contributed by atoms with van der Waals surface area (Å²) >= 11 is 3.28. The van der Waals surface area contributed by atoms with Crippen molar-refractivity contribution in [3.05, 3.63) is 35.1 Å². The lowest BCUT2D eigenvalue weighted by molar-refractivity contribution is -0.119. The average molecular weight is 310 g/mol. The van der Waals surface area contributed by atoms with E-state index in [4.69, 9.17) is 0 Å². The highest BCUT2D eigenvalue weighted by Crippen LogP contribution is 2.17. The van der Waals surface area contributed by atoms with E-state index >= 15 is 0 Å². The number of carbonyl (C=O) groups is 1. The van der Waals surface area contributed by atoms with Gasteiger partial charge in [0.05, 0.1) is 11.4 Å². The molecule has 1 atom stereocenters. The van der Waals surface area contributed by atoms with E-state index in [9.17, 15) is 4.79 Å². The van der Waals surface area contributed by atoms with Gasteiger partial charge in [0.15, 0.2) is 0 Å². The zero-order chi connectivity index (χ0) is 13.1. The van der Waals surface area contributed by atoms with Crippen molar-refractivity contribution in [2.24, 2.45) is 0 Å². The highest BCUT2D eigenvalue weighted by Gasteiger charge is 2.16. The second-order valence-electron chi connectivity index (χ2n) is 3.81. The first-order valence-electron chi connectivity index (χ1n) is 5.36. The minimum atomic E-state index is -0.421. The lowest BCUT2D eigenvalue weighted by Gasteiger charge is -2.13. The predicted molar refractivity (Wildman–Crippen MR) is 70.0 cm³/mol. The lowest BCUT2D eigenvalue weighted by Crippen LogP contribution is -2.24. The predicted octanol–water partition coefficient (Wildman–Crippen LogP) is 1.94. The molecule has 18 heavy (non-hydrogen) atoms. The molecule has 7 heteroatoms. The van der Waals surface area contributed by atoms with Crippen molar-refractivity contribution in [3.8, 4) is 0 Å². The molecule has 0 aliphatic carbocycles. The Labute approximate surface area is 113 Å². The maximum atomic E-state index is 12.0. The molecule has 0 radical (unpaired) electrons. The highest BCUT2D eigenvalue weighted by atomic mass is 79.9. The summed E-state index contributed by atoms with van der Waals surface area (Å²) in [7, 11) is 0. The van der Waals surface area contributed by atoms with E-state index in [2.05, 4.69) is 36.3 Å². The molecule has 0 aliphatic heterocycles. The Kier molecular flexibility index (Phi) is 3.71. The monoisotopic (exact) mass is 309 g/mol. The van der Waals surface area contributed by atoms with Crippen LogP contribution in [-0.2, 0) is 4.79 Å². The summed E-state index contributed by atoms with van der Waals surface area (Å²) in [4.78, 5) is 20.0. The first-order chi connectivity index (χ1) is 8.58. The Hall–Kier alpha value is -1.76. The molecule has 1 N–H and O–H groups in total. The Morgan fingerprint density at radius 1 is 1.50 bits per heavy atom. The molecule has 94 valence electrons. The van der Waals surface area contributed by atoms with Gasteiger partial charge >= 0.3 is 0 Å². The van der Waals surface area contributed by atoms with Gasteiger partial charge in [0.25, 0.3) is 0 Å². The van der Waals surface area contributed by atoms with Gasteiger partial charge in [-0.25, -0.2) is 14.6 Å². The van der Waals surface area contributed by atoms with E-state index in [-0.39, 0.29) is 5.91 Å². The van der Waals surface area contributed by atoms with E-state index < -0.39 is 6.04 Å². The molecule has 2 rings (SSSR count). The Bertz CT molecular complexity index is 555. The molecule has 1 unspecified atom stereocenters. The average Bonchev–Trinajstić information content (AvgIpc) is 2.85. The fourth-order valence-corrected chi connectivity index (χ4v) is 1.84. The van der Waals surface area contributed by atoms with Crippen molar-refractivity contribution in [1.82, 2.24) is 19.7 Å². The molecule has 0 spiro atoms. The van der Waals surface area contributed by atoms with Crippen LogP contribution in [-0.4, -0.2) is 25.7 Å². The number of halogens is 1. The van der Waals surface area contributed by atoms with Gasteiger partial charge in [-0.3, -0.25) is 4.79 Å². The number of hydrogen-bond donors (Lipinski definition) is 1. The number of hydrogen-bond acceptors (Lipinski definition) is 4. The number of pyridine rings is 1. The van der Waals surface area contributed by atoms with Gasteiger partial charge in [0, 0.05) is 0 Å². The molecule has 0 fully saturated rings. The van der Waals surface area contributed by atoms with Crippen molar-refractivity contribution in [3.63, 3.8) is 0 Å². The number of carbonyl (C=O) groups excluding carboxylic acids is 1. The first-order valence-corrected chi connectivity index (χ1v) is 6.15. The maximum absolute atomic E-state index is 12.0. The molecule has 2 aromatic rings. The lowest BCUT2D eigenvalue weighted by atomic mass is 10.2. The number of nitrogens with one attached hydrogen (secondary N) is 1. The van der Waals surface area contributed by atoms with Crippen LogP contribution in [0.1, 0.15) is 18.7 Å². The Morgan fingerprint density at radius 3 is 2.89 bits per heavy atom. The summed E-state index contributed by atoms with van der Waals surface area (Å²) in [5.41, 5.74) is 1.44. The quantitative estimate of drug-likeness (QED) is 0.879. The minimum absolute atomic E-state index is 0.160. The zero-order valence-corrected chi connectivity index (χ0v) is 11.5. The molecule has 0 saturated carbocycles. The van der Waals surface area contributed by atoms with E-state index in [1.165, 1.54) is 17.3 Å². The third-order valence-corrected chi connectivity index (χ3v) is 2.96. The first kappa shape index (κ1) is 12.7. The molecule has 6 nitrogen and oxygen atoms in total. The second kappa shape index (κ2) is 5.26. The van der Waals surface area contributed by atoms with Crippen LogP contribution in [0.2, 0.25) is 0 Å². The molecule has 0 saturated heterocycles. The number of amides is 1. The van der Waals surface area contributed by atoms with Crippen LogP contribution in [0.15, 0.2) is 29.4 Å². The van der Waals surface area contributed by atoms with Gasteiger partial charge in [-0.2, -0.15) is 5.10 Å². The van der Waals surface area contributed by atoms with Gasteiger partial charge in [0.2, 0.25) is 5.91 Å². The fourth-order valence-electron chi connectivity index (χ4n) is 1.44. The third-order valence-electron chi connectivity index (χ3n) is 2.52. The largest absolute Gasteiger partial charge is 0.323 e. The number of nitrogens with zero attached hydrogens (tertiary/aromatic N) is 4. The maximum Gasteiger partial charge on any atom is 0.249 e. The van der Waals surface area contributed by atoms with Gasteiger partial charge in [-0.15, -0.1) is 0 Å². The van der Waals surface area contributed by atoms with Crippen molar-refractivity contribution in [2.75, 3.05) is 5.32 Å². The zero-order valence-electron chi connectivity index (χ0n) is 9.96. The summed E-state index contributed by atoms with van der Waals surface area (Å²) in [6, 6.07) is 3.16. The van der Waals surface area contributed by atoms with Crippen LogP contribution in [0.25, 0.3) is 0 Å². The van der Waals surface area contributed by atoms with Crippen LogP contribution in [0.5, 0.6) is 0 Å². The molecule has 0 aromatic carbocycles. The number of rotatable bonds is 3. The molecule has 2 heterocycles. The summed E-state index contributed by atoms with van der Waals surface area (Å²) in [6.45, 7) is 3.59. The van der Waals surface area contributed by atoms with Crippen molar-refractivity contribution >= 4 is 27.5 Å². The van der Waals surface area contributed by atoms with Crippen molar-refractivity contribution in [1.29, 1.82) is 0 Å². The van der Waals surface area contributed by atoms with Gasteiger partial charge < -0.3 is 5.32 Å². The Balaban J connectivity index is 2.12. The van der Waals surface area contributed by atoms with E-state index in [0.717, 1.165) is 10.3 Å². The van der Waals surface area contributed by atoms with Gasteiger partial charge in [0.1, 0.15) is 23.3 Å². The number of anilines is 1. The topological polar surface area (TPSA) is 72.7 Å². The van der Waals surface area contributed by atoms with E-state index in [1.54, 1.807) is 19.1 Å². The normalized spacial score (nSPS) is 12.2. The number of aryl methyl sites for hydroxylation is 1. The minimum Gasteiger partial charge on any atom is -0.323 e. The van der Waals surface area contributed by atoms with Crippen LogP contribution in [0.4, 0.5) is 5.69 Å². The third kappa shape index (κ3) is 2.73. The highest BCUT2D eigenvalue weighted by molar-refractivity contribution is 9.10. The molecule has 2 aromatic heterocycles. The number of aromatic nitrogens is 4. The smallest absolute Gasteiger partial charge is 0.249 e. The Morgan fingerprint density at radius 2 is 2.28 bits per heavy atom. The SMILES string of the molecule is Cc1nc(Br)ccc1NC(=O)C(C)n1cncn1. The van der Waals surface area contributed by atoms with Gasteiger partial charge in [-0.05, 0) is 41.9 Å². The van der Waals surface area contributed by atoms with Crippen molar-refractivity contribution < 1.29 is 4.79 Å². The molecular weight excluding hydrogens is 298 g/mol. The summed E-state index contributed by atoms with van der Waals surface area (Å²) in [5.74, 6) is -0.160. The molecule has 0 aliphatic rings. The van der Waals surface area contributed by atoms with Crippen LogP contribution >= 0.6 is 15.9 Å². The van der Waals surface area contributed by atoms with E-state index in [1.807, 2.05) is 6.92 Å². The molecule has 0 bridgehead atoms. The molecule has 1 amide bonds. The standard InChI is InChI=1S/C11H12BrN5O/c1-7-9(3-4-10(12)15-7)16-11(18)8(2)17-6-13-5-14-17/h3-6,8H,1-2H3,(H,16,18). The van der Waals surface area contributed by atoms with Crippen LogP contribution in [0, 0.1) is 6.92 Å². The summed E-state index contributed by atoms with van der Waals surface area (Å²) in [6.07, 6.45) is 2.91. The van der Waals surface area contributed by atoms with Crippen LogP contribution < -0.4 is 5.32 Å². The van der Waals surface area contributed by atoms with Gasteiger partial charge in [-0.1, -0.05) is 0 Å². The summed E-state index contributed by atoms with van der Waals surface area (Å²) in [5, 5.41) is 6.75. The second-order valence-corrected chi connectivity index (χ2v) is 4.62. The molecular formula is C11H12BrN5O. The van der Waals surface area contributed by atoms with Crippen LogP contribution in [0.3, 0.4) is 0 Å². The summed E-state index contributed by atoms with van der Waals surface area (Å²) < 4.78 is 2.24. The van der Waals surface area contributed by atoms with Crippen molar-refractivity contribution in [2.45, 2.75) is 19.9 Å². The fraction of sp³-hybridized carbons (Fsp3) is 0.273. The van der Waals surface area contributed by atoms with E-state index in [0.29, 0.717) is 5.69 Å².